The number of benzene rings is 1. The van der Waals surface area contributed by atoms with E-state index in [9.17, 15) is 0 Å². The molecule has 0 spiro atoms. The molecule has 22 heavy (non-hydrogen) atoms. The molecule has 1 aromatic heterocycles. The molecule has 1 aromatic carbocycles. The highest BCUT2D eigenvalue weighted by Gasteiger charge is 2.01. The average Bonchev–Trinajstić information content (AvgIpc) is 2.90. The van der Waals surface area contributed by atoms with Crippen LogP contribution in [0.15, 0.2) is 35.5 Å². The highest BCUT2D eigenvalue weighted by Crippen LogP contribution is 2.12. The Kier molecular flexibility index (Phi) is 6.68. The van der Waals surface area contributed by atoms with Crippen LogP contribution in [-0.4, -0.2) is 24.0 Å². The van der Waals surface area contributed by atoms with Crippen LogP contribution in [0.1, 0.15) is 22.4 Å². The minimum absolute atomic E-state index is 0.603. The van der Waals surface area contributed by atoms with Gasteiger partial charge in [0.15, 0.2) is 5.96 Å². The van der Waals surface area contributed by atoms with Crippen molar-refractivity contribution in [2.75, 3.05) is 13.1 Å². The third-order valence-corrected chi connectivity index (χ3v) is 4.16. The van der Waals surface area contributed by atoms with Gasteiger partial charge in [0, 0.05) is 35.6 Å². The number of aryl methyl sites for hydroxylation is 1. The van der Waals surface area contributed by atoms with E-state index >= 15 is 0 Å². The third kappa shape index (κ3) is 5.66. The predicted octanol–water partition coefficient (Wildman–Crippen LogP) is 3.40. The summed E-state index contributed by atoms with van der Waals surface area (Å²) in [6, 6.07) is 7.77. The number of guanidine groups is 1. The first-order chi connectivity index (χ1) is 10.7. The smallest absolute Gasteiger partial charge is 0.191 e. The van der Waals surface area contributed by atoms with Crippen molar-refractivity contribution < 1.29 is 0 Å². The molecule has 0 bridgehead atoms. The maximum absolute atomic E-state index is 5.99. The lowest BCUT2D eigenvalue weighted by molar-refractivity contribution is 0.796. The molecule has 0 atom stereocenters. The molecular weight excluding hydrogens is 316 g/mol. The van der Waals surface area contributed by atoms with Crippen molar-refractivity contribution in [1.82, 2.24) is 15.6 Å². The molecule has 118 valence electrons. The molecule has 0 saturated carbocycles. The molecule has 2 aromatic rings. The molecule has 4 nitrogen and oxygen atoms in total. The first kappa shape index (κ1) is 16.8. The first-order valence-electron chi connectivity index (χ1n) is 7.35. The molecular formula is C16H21ClN4S. The van der Waals surface area contributed by atoms with E-state index in [1.807, 2.05) is 30.5 Å². The van der Waals surface area contributed by atoms with Gasteiger partial charge in [-0.25, -0.2) is 9.98 Å². The fraction of sp³-hybridized carbons (Fsp3) is 0.375. The van der Waals surface area contributed by atoms with Crippen LogP contribution in [-0.2, 0) is 13.0 Å². The van der Waals surface area contributed by atoms with E-state index in [4.69, 9.17) is 11.6 Å². The SMILES string of the molecule is CCNC(=NCc1cccc(Cl)c1)NCCc1ncc(C)s1. The van der Waals surface area contributed by atoms with Crippen LogP contribution in [0.2, 0.25) is 5.02 Å². The fourth-order valence-corrected chi connectivity index (χ4v) is 2.95. The second-order valence-electron chi connectivity index (χ2n) is 4.87. The van der Waals surface area contributed by atoms with Crippen molar-refractivity contribution in [1.29, 1.82) is 0 Å². The summed E-state index contributed by atoms with van der Waals surface area (Å²) in [7, 11) is 0. The van der Waals surface area contributed by atoms with Crippen LogP contribution in [0.25, 0.3) is 0 Å². The summed E-state index contributed by atoms with van der Waals surface area (Å²) in [6.07, 6.45) is 2.82. The zero-order valence-electron chi connectivity index (χ0n) is 12.9. The quantitative estimate of drug-likeness (QED) is 0.628. The second-order valence-corrected chi connectivity index (χ2v) is 6.62. The standard InChI is InChI=1S/C16H21ClN4S/c1-3-18-16(19-8-7-15-20-10-12(2)22-15)21-11-13-5-4-6-14(17)9-13/h4-6,9-10H,3,7-8,11H2,1-2H3,(H2,18,19,21). The molecule has 0 fully saturated rings. The number of hydrogen-bond acceptors (Lipinski definition) is 3. The van der Waals surface area contributed by atoms with Crippen molar-refractivity contribution in [2.45, 2.75) is 26.8 Å². The van der Waals surface area contributed by atoms with Gasteiger partial charge in [-0.15, -0.1) is 11.3 Å². The molecule has 0 unspecified atom stereocenters. The van der Waals surface area contributed by atoms with Crippen LogP contribution < -0.4 is 10.6 Å². The highest BCUT2D eigenvalue weighted by molar-refractivity contribution is 7.11. The molecule has 0 amide bonds. The number of hydrogen-bond donors (Lipinski definition) is 2. The van der Waals surface area contributed by atoms with E-state index in [2.05, 4.69) is 34.5 Å². The number of nitrogens with one attached hydrogen (secondary N) is 2. The van der Waals surface area contributed by atoms with Crippen LogP contribution >= 0.6 is 22.9 Å². The monoisotopic (exact) mass is 336 g/mol. The number of halogens is 1. The van der Waals surface area contributed by atoms with Gasteiger partial charge >= 0.3 is 0 Å². The highest BCUT2D eigenvalue weighted by atomic mass is 35.5. The lowest BCUT2D eigenvalue weighted by Gasteiger charge is -2.10. The molecule has 2 N–H and O–H groups in total. The van der Waals surface area contributed by atoms with Gasteiger partial charge in [-0.05, 0) is 31.5 Å². The number of thiazole rings is 1. The molecule has 0 saturated heterocycles. The summed E-state index contributed by atoms with van der Waals surface area (Å²) in [4.78, 5) is 10.2. The topological polar surface area (TPSA) is 49.3 Å². The van der Waals surface area contributed by atoms with Crippen molar-refractivity contribution in [3.05, 3.63) is 50.9 Å². The van der Waals surface area contributed by atoms with Crippen LogP contribution in [0.5, 0.6) is 0 Å². The van der Waals surface area contributed by atoms with Crippen molar-refractivity contribution >= 4 is 28.9 Å². The molecule has 2 rings (SSSR count). The molecule has 6 heteroatoms. The van der Waals surface area contributed by atoms with Gasteiger partial charge in [-0.3, -0.25) is 0 Å². The van der Waals surface area contributed by atoms with Crippen molar-refractivity contribution in [3.63, 3.8) is 0 Å². The summed E-state index contributed by atoms with van der Waals surface area (Å²) in [5, 5.41) is 8.47. The van der Waals surface area contributed by atoms with E-state index in [0.717, 1.165) is 41.1 Å². The first-order valence-corrected chi connectivity index (χ1v) is 8.54. The normalized spacial score (nSPS) is 11.5. The van der Waals surface area contributed by atoms with Gasteiger partial charge in [0.05, 0.1) is 11.6 Å². The van der Waals surface area contributed by atoms with Gasteiger partial charge in [0.1, 0.15) is 0 Å². The summed E-state index contributed by atoms with van der Waals surface area (Å²) in [5.41, 5.74) is 1.10. The molecule has 0 radical (unpaired) electrons. The van der Waals surface area contributed by atoms with Crippen LogP contribution in [0.3, 0.4) is 0 Å². The van der Waals surface area contributed by atoms with E-state index in [0.29, 0.717) is 6.54 Å². The van der Waals surface area contributed by atoms with Crippen molar-refractivity contribution in [3.8, 4) is 0 Å². The van der Waals surface area contributed by atoms with E-state index in [1.54, 1.807) is 11.3 Å². The Morgan fingerprint density at radius 1 is 1.36 bits per heavy atom. The average molecular weight is 337 g/mol. The fourth-order valence-electron chi connectivity index (χ4n) is 1.95. The largest absolute Gasteiger partial charge is 0.357 e. The van der Waals surface area contributed by atoms with Gasteiger partial charge in [0.2, 0.25) is 0 Å². The lowest BCUT2D eigenvalue weighted by Crippen LogP contribution is -2.38. The Morgan fingerprint density at radius 2 is 2.23 bits per heavy atom. The molecule has 0 aliphatic rings. The molecule has 1 heterocycles. The van der Waals surface area contributed by atoms with Crippen LogP contribution in [0, 0.1) is 6.92 Å². The van der Waals surface area contributed by atoms with E-state index in [1.165, 1.54) is 4.88 Å². The minimum atomic E-state index is 0.603. The Labute approximate surface area is 140 Å². The second kappa shape index (κ2) is 8.76. The number of aliphatic imine (C=N–C) groups is 1. The van der Waals surface area contributed by atoms with Gasteiger partial charge < -0.3 is 10.6 Å². The van der Waals surface area contributed by atoms with Gasteiger partial charge in [0.25, 0.3) is 0 Å². The maximum Gasteiger partial charge on any atom is 0.191 e. The minimum Gasteiger partial charge on any atom is -0.357 e. The Morgan fingerprint density at radius 3 is 2.91 bits per heavy atom. The summed E-state index contributed by atoms with van der Waals surface area (Å²) in [6.45, 7) is 6.38. The Balaban J connectivity index is 1.86. The van der Waals surface area contributed by atoms with Crippen molar-refractivity contribution in [2.24, 2.45) is 4.99 Å². The molecule has 0 aliphatic heterocycles. The van der Waals surface area contributed by atoms with E-state index in [-0.39, 0.29) is 0 Å². The van der Waals surface area contributed by atoms with E-state index < -0.39 is 0 Å². The summed E-state index contributed by atoms with van der Waals surface area (Å²) >= 11 is 7.73. The zero-order valence-corrected chi connectivity index (χ0v) is 14.5. The maximum atomic E-state index is 5.99. The predicted molar refractivity (Wildman–Crippen MR) is 94.8 cm³/mol. The summed E-state index contributed by atoms with van der Waals surface area (Å²) < 4.78 is 0. The van der Waals surface area contributed by atoms with Gasteiger partial charge in [-0.2, -0.15) is 0 Å². The molecule has 0 aliphatic carbocycles. The number of nitrogens with zero attached hydrogens (tertiary/aromatic N) is 2. The number of aromatic nitrogens is 1. The Hall–Kier alpha value is -1.59. The van der Waals surface area contributed by atoms with Crippen LogP contribution in [0.4, 0.5) is 0 Å². The third-order valence-electron chi connectivity index (χ3n) is 2.95. The van der Waals surface area contributed by atoms with Gasteiger partial charge in [-0.1, -0.05) is 23.7 Å². The summed E-state index contributed by atoms with van der Waals surface area (Å²) in [5.74, 6) is 0.816. The zero-order chi connectivity index (χ0) is 15.8. The lowest BCUT2D eigenvalue weighted by atomic mass is 10.2. The Bertz CT molecular complexity index is 624. The number of rotatable bonds is 6.